The maximum Gasteiger partial charge on any atom is 0.0183 e. The molecule has 2 saturated heterocycles. The van der Waals surface area contributed by atoms with E-state index in [0.717, 1.165) is 22.6 Å². The maximum atomic E-state index is 2.99. The van der Waals surface area contributed by atoms with Crippen LogP contribution in [0.5, 0.6) is 0 Å². The van der Waals surface area contributed by atoms with Crippen LogP contribution >= 0.6 is 16.1 Å². The van der Waals surface area contributed by atoms with Gasteiger partial charge in [-0.2, -0.15) is 0 Å². The second-order valence-corrected chi connectivity index (χ2v) is 14.1. The topological polar surface area (TPSA) is 3.24 Å². The van der Waals surface area contributed by atoms with Crippen LogP contribution in [-0.2, 0) is 0 Å². The molecule has 1 nitrogen and oxygen atoms in total. The van der Waals surface area contributed by atoms with Gasteiger partial charge in [-0.1, -0.05) is 74.5 Å². The van der Waals surface area contributed by atoms with E-state index in [1.54, 1.807) is 11.1 Å². The van der Waals surface area contributed by atoms with Gasteiger partial charge in [0.2, 0.25) is 0 Å². The molecule has 2 heterocycles. The normalized spacial score (nSPS) is 29.0. The van der Waals surface area contributed by atoms with Gasteiger partial charge < -0.3 is 0 Å². The predicted octanol–water partition coefficient (Wildman–Crippen LogP) is 8.34. The van der Waals surface area contributed by atoms with Crippen molar-refractivity contribution in [2.45, 2.75) is 75.0 Å². The van der Waals surface area contributed by atoms with E-state index >= 15 is 0 Å². The molecule has 0 aromatic heterocycles. The van der Waals surface area contributed by atoms with Gasteiger partial charge in [0.05, 0.1) is 0 Å². The van der Waals surface area contributed by atoms with E-state index in [-0.39, 0.29) is 16.1 Å². The molecule has 28 heavy (non-hydrogen) atoms. The summed E-state index contributed by atoms with van der Waals surface area (Å²) in [5.41, 5.74) is 6.50. The first-order valence-corrected chi connectivity index (χ1v) is 14.0. The zero-order valence-corrected chi connectivity index (χ0v) is 19.5. The number of hydrogen-bond donors (Lipinski definition) is 0. The molecular weight excluding hydrogens is 376 g/mol. The van der Waals surface area contributed by atoms with Crippen LogP contribution in [0.2, 0.25) is 0 Å². The molecule has 4 atom stereocenters. The van der Waals surface area contributed by atoms with Crippen LogP contribution in [-0.4, -0.2) is 22.8 Å². The first kappa shape index (κ1) is 20.5. The van der Waals surface area contributed by atoms with Gasteiger partial charge in [0, 0.05) is 11.3 Å². The van der Waals surface area contributed by atoms with Crippen molar-refractivity contribution >= 4 is 16.1 Å². The SMILES string of the molecule is CC[C@@H]1CC[C@@H](CC)P1N(C)P1[C@H](c2ccccc2)CC[C@H]1c1ccccc1. The fourth-order valence-corrected chi connectivity index (χ4v) is 14.2. The molecule has 2 aromatic carbocycles. The van der Waals surface area contributed by atoms with Crippen molar-refractivity contribution in [1.82, 2.24) is 4.44 Å². The third-order valence-electron chi connectivity index (χ3n) is 6.91. The van der Waals surface area contributed by atoms with Crippen molar-refractivity contribution in [1.29, 1.82) is 0 Å². The minimum absolute atomic E-state index is 0.0162. The second-order valence-electron chi connectivity index (χ2n) is 8.38. The van der Waals surface area contributed by atoms with Gasteiger partial charge >= 0.3 is 0 Å². The quantitative estimate of drug-likeness (QED) is 0.432. The molecule has 2 fully saturated rings. The van der Waals surface area contributed by atoms with Gasteiger partial charge in [-0.15, -0.1) is 0 Å². The minimum Gasteiger partial charge on any atom is -0.261 e. The van der Waals surface area contributed by atoms with E-state index in [4.69, 9.17) is 0 Å². The Labute approximate surface area is 174 Å². The van der Waals surface area contributed by atoms with E-state index in [9.17, 15) is 0 Å². The van der Waals surface area contributed by atoms with Crippen LogP contribution in [0.3, 0.4) is 0 Å². The fourth-order valence-electron chi connectivity index (χ4n) is 5.51. The predicted molar refractivity (Wildman–Crippen MR) is 127 cm³/mol. The molecule has 0 aliphatic carbocycles. The van der Waals surface area contributed by atoms with Crippen LogP contribution in [0.4, 0.5) is 0 Å². The molecule has 2 aliphatic rings. The second kappa shape index (κ2) is 9.38. The average molecular weight is 412 g/mol. The molecular formula is C25H35NP2. The Morgan fingerprint density at radius 1 is 0.679 bits per heavy atom. The van der Waals surface area contributed by atoms with Crippen molar-refractivity contribution in [3.63, 3.8) is 0 Å². The smallest absolute Gasteiger partial charge is 0.0183 e. The highest BCUT2D eigenvalue weighted by molar-refractivity contribution is 7.71. The number of rotatable bonds is 6. The Hall–Kier alpha value is -0.740. The van der Waals surface area contributed by atoms with Crippen molar-refractivity contribution in [3.05, 3.63) is 71.8 Å². The summed E-state index contributed by atoms with van der Waals surface area (Å²) in [5.74, 6) is 0. The summed E-state index contributed by atoms with van der Waals surface area (Å²) in [5, 5.41) is 0. The van der Waals surface area contributed by atoms with Gasteiger partial charge in [-0.3, -0.25) is 4.44 Å². The minimum atomic E-state index is -0.199. The standard InChI is InChI=1S/C25H35NP2/c1-4-22-16-17-23(5-2)27(22)26(3)28-24(20-12-8-6-9-13-20)18-19-25(28)21-14-10-7-11-15-21/h6-15,22-25H,4-5,16-19H2,1-3H3/t22-,23-,24+,25+/m1/s1. The van der Waals surface area contributed by atoms with Gasteiger partial charge in [-0.25, -0.2) is 0 Å². The van der Waals surface area contributed by atoms with E-state index in [1.165, 1.54) is 38.5 Å². The van der Waals surface area contributed by atoms with Crippen LogP contribution < -0.4 is 0 Å². The molecule has 150 valence electrons. The first-order chi connectivity index (χ1) is 13.7. The number of benzene rings is 2. The summed E-state index contributed by atoms with van der Waals surface area (Å²) in [6.07, 6.45) is 8.33. The summed E-state index contributed by atoms with van der Waals surface area (Å²) < 4.78 is 2.99. The van der Waals surface area contributed by atoms with Gasteiger partial charge in [0.15, 0.2) is 0 Å². The Morgan fingerprint density at radius 2 is 1.11 bits per heavy atom. The third-order valence-corrected chi connectivity index (χ3v) is 14.6. The molecule has 3 heteroatoms. The Morgan fingerprint density at radius 3 is 1.50 bits per heavy atom. The summed E-state index contributed by atoms with van der Waals surface area (Å²) in [6.45, 7) is 4.86. The monoisotopic (exact) mass is 411 g/mol. The van der Waals surface area contributed by atoms with E-state index < -0.39 is 0 Å². The van der Waals surface area contributed by atoms with Crippen LogP contribution in [0.1, 0.15) is 74.8 Å². The van der Waals surface area contributed by atoms with Gasteiger partial charge in [-0.05, 0) is 84.2 Å². The molecule has 2 aliphatic heterocycles. The van der Waals surface area contributed by atoms with Crippen molar-refractivity contribution in [3.8, 4) is 0 Å². The van der Waals surface area contributed by atoms with Crippen molar-refractivity contribution in [2.75, 3.05) is 7.05 Å². The van der Waals surface area contributed by atoms with E-state index in [0.29, 0.717) is 0 Å². The molecule has 4 rings (SSSR count). The number of hydrogen-bond acceptors (Lipinski definition) is 1. The third kappa shape index (κ3) is 3.96. The molecule has 0 radical (unpaired) electrons. The highest BCUT2D eigenvalue weighted by Gasteiger charge is 2.46. The molecule has 0 spiro atoms. The Balaban J connectivity index is 1.70. The lowest BCUT2D eigenvalue weighted by atomic mass is 10.0. The van der Waals surface area contributed by atoms with Crippen LogP contribution in [0.15, 0.2) is 60.7 Å². The molecule has 2 aromatic rings. The van der Waals surface area contributed by atoms with Crippen molar-refractivity contribution in [2.24, 2.45) is 0 Å². The average Bonchev–Trinajstić information content (AvgIpc) is 3.38. The first-order valence-electron chi connectivity index (χ1n) is 11.1. The van der Waals surface area contributed by atoms with Gasteiger partial charge in [0.25, 0.3) is 0 Å². The summed E-state index contributed by atoms with van der Waals surface area (Å²) >= 11 is 0. The summed E-state index contributed by atoms with van der Waals surface area (Å²) in [6, 6.07) is 22.8. The Kier molecular flexibility index (Phi) is 6.88. The lowest BCUT2D eigenvalue weighted by Crippen LogP contribution is -2.19. The number of nitrogens with zero attached hydrogens (tertiary/aromatic N) is 1. The highest BCUT2D eigenvalue weighted by atomic mass is 31.2. The maximum absolute atomic E-state index is 2.99. The van der Waals surface area contributed by atoms with Crippen LogP contribution in [0, 0.1) is 0 Å². The molecule has 0 saturated carbocycles. The van der Waals surface area contributed by atoms with Crippen molar-refractivity contribution < 1.29 is 0 Å². The summed E-state index contributed by atoms with van der Waals surface area (Å²) in [4.78, 5) is 0. The zero-order valence-electron chi connectivity index (χ0n) is 17.7. The van der Waals surface area contributed by atoms with E-state index in [2.05, 4.69) is 86.0 Å². The van der Waals surface area contributed by atoms with E-state index in [1.807, 2.05) is 0 Å². The fraction of sp³-hybridized carbons (Fsp3) is 0.520. The molecule has 0 N–H and O–H groups in total. The lowest BCUT2D eigenvalue weighted by molar-refractivity contribution is 0.696. The van der Waals surface area contributed by atoms with Crippen LogP contribution in [0.25, 0.3) is 0 Å². The summed E-state index contributed by atoms with van der Waals surface area (Å²) in [7, 11) is 2.30. The Bertz CT molecular complexity index is 675. The largest absolute Gasteiger partial charge is 0.261 e. The highest BCUT2D eigenvalue weighted by Crippen LogP contribution is 2.78. The van der Waals surface area contributed by atoms with Gasteiger partial charge in [0.1, 0.15) is 0 Å². The molecule has 0 bridgehead atoms. The zero-order chi connectivity index (χ0) is 19.5. The lowest BCUT2D eigenvalue weighted by Gasteiger charge is -2.42. The molecule has 0 unspecified atom stereocenters. The molecule has 0 amide bonds.